The fourth-order valence-corrected chi connectivity index (χ4v) is 8.01. The first kappa shape index (κ1) is 21.1. The molecule has 1 spiro atoms. The zero-order chi connectivity index (χ0) is 21.0. The Bertz CT molecular complexity index is 703. The minimum atomic E-state index is -0.870. The van der Waals surface area contributed by atoms with Gasteiger partial charge in [-0.1, -0.05) is 89.3 Å². The van der Waals surface area contributed by atoms with Gasteiger partial charge >= 0.3 is 0 Å². The third-order valence-electron chi connectivity index (χ3n) is 8.60. The van der Waals surface area contributed by atoms with Crippen LogP contribution < -0.4 is 5.11 Å². The molecule has 2 aliphatic heterocycles. The van der Waals surface area contributed by atoms with Crippen molar-refractivity contribution in [2.45, 2.75) is 111 Å². The molecule has 1 N–H and O–H groups in total. The van der Waals surface area contributed by atoms with Crippen LogP contribution in [0.5, 0.6) is 0 Å². The average Bonchev–Trinajstić information content (AvgIpc) is 2.73. The smallest absolute Gasteiger partial charge is 0.208 e. The van der Waals surface area contributed by atoms with Crippen molar-refractivity contribution < 1.29 is 14.6 Å². The summed E-state index contributed by atoms with van der Waals surface area (Å²) in [5.41, 5.74) is 8.36. The molecule has 1 atom stereocenters. The van der Waals surface area contributed by atoms with Gasteiger partial charge < -0.3 is 5.11 Å². The maximum Gasteiger partial charge on any atom is 0.208 e. The van der Waals surface area contributed by atoms with E-state index in [-0.39, 0.29) is 40.3 Å². The highest BCUT2D eigenvalue weighted by atomic mass is 16.3. The summed E-state index contributed by atoms with van der Waals surface area (Å²) >= 11 is 0. The molecule has 2 fully saturated rings. The lowest BCUT2D eigenvalue weighted by molar-refractivity contribution is -0.642. The Morgan fingerprint density at radius 1 is 0.862 bits per heavy atom. The van der Waals surface area contributed by atoms with Crippen molar-refractivity contribution in [1.29, 1.82) is 5.53 Å². The fraction of sp³-hybridized carbons (Fsp3) is 0.880. The van der Waals surface area contributed by atoms with Crippen LogP contribution in [0.1, 0.15) is 105 Å². The van der Waals surface area contributed by atoms with Crippen LogP contribution in [0.25, 0.3) is 0 Å². The molecule has 4 heteroatoms. The van der Waals surface area contributed by atoms with Gasteiger partial charge in [0.2, 0.25) is 5.70 Å². The molecular weight excluding hydrogens is 360 g/mol. The van der Waals surface area contributed by atoms with E-state index in [1.54, 1.807) is 4.70 Å². The monoisotopic (exact) mass is 400 g/mol. The molecule has 5 rings (SSSR count). The highest BCUT2D eigenvalue weighted by Crippen LogP contribution is 2.65. The van der Waals surface area contributed by atoms with Crippen LogP contribution in [0.4, 0.5) is 0 Å². The number of ketones is 1. The summed E-state index contributed by atoms with van der Waals surface area (Å²) < 4.78 is 1.55. The van der Waals surface area contributed by atoms with Crippen LogP contribution in [0, 0.1) is 33.6 Å². The largest absolute Gasteiger partial charge is 0.870 e. The standard InChI is InChI=1S/C25H40N2O2/c1-23(2)15-25-16-24(3,4)22(23)27(26)19(21(25)29)18(20(25)28)17-13-11-9-7-5-6-8-10-12-14-17/h17-18,22H,5-16H2,1-4H3,(H-,26,29). The number of rotatable bonds is 1. The van der Waals surface area contributed by atoms with Crippen molar-refractivity contribution in [2.24, 2.45) is 28.1 Å². The molecule has 3 bridgehead atoms. The lowest BCUT2D eigenvalue weighted by Gasteiger charge is -2.52. The SMILES string of the molecule is CC1(C)CC23CC(C)(C)C1[N+](=N)C(=C2[O-])C(C1CCCCCCCCCC1)C3=O. The van der Waals surface area contributed by atoms with Crippen molar-refractivity contribution in [3.63, 3.8) is 0 Å². The summed E-state index contributed by atoms with van der Waals surface area (Å²) in [6.45, 7) is 8.63. The quantitative estimate of drug-likeness (QED) is 0.587. The Balaban J connectivity index is 1.71. The third kappa shape index (κ3) is 3.20. The second-order valence-corrected chi connectivity index (χ2v) is 11.9. The van der Waals surface area contributed by atoms with Gasteiger partial charge in [0.05, 0.1) is 0 Å². The predicted octanol–water partition coefficient (Wildman–Crippen LogP) is 5.55. The Labute approximate surface area is 176 Å². The summed E-state index contributed by atoms with van der Waals surface area (Å²) in [5.74, 6) is 0.111. The lowest BCUT2D eigenvalue weighted by atomic mass is 9.51. The van der Waals surface area contributed by atoms with Crippen molar-refractivity contribution in [2.75, 3.05) is 0 Å². The lowest BCUT2D eigenvalue weighted by Crippen LogP contribution is -2.59. The van der Waals surface area contributed by atoms with E-state index in [0.717, 1.165) is 25.7 Å². The molecule has 0 amide bonds. The molecule has 162 valence electrons. The molecule has 1 unspecified atom stereocenters. The first-order valence-electron chi connectivity index (χ1n) is 12.1. The second kappa shape index (κ2) is 7.20. The fourth-order valence-electron chi connectivity index (χ4n) is 8.01. The molecule has 29 heavy (non-hydrogen) atoms. The normalized spacial score (nSPS) is 38.1. The van der Waals surface area contributed by atoms with Gasteiger partial charge in [0.1, 0.15) is 5.92 Å². The first-order chi connectivity index (χ1) is 13.6. The molecule has 2 saturated carbocycles. The molecule has 5 aliphatic rings. The molecule has 0 saturated heterocycles. The van der Waals surface area contributed by atoms with Gasteiger partial charge in [0.25, 0.3) is 0 Å². The van der Waals surface area contributed by atoms with E-state index in [2.05, 4.69) is 27.7 Å². The zero-order valence-corrected chi connectivity index (χ0v) is 19.0. The Kier molecular flexibility index (Phi) is 5.23. The highest BCUT2D eigenvalue weighted by molar-refractivity contribution is 5.95. The van der Waals surface area contributed by atoms with Gasteiger partial charge in [-0.3, -0.25) is 4.79 Å². The number of nitrogens with zero attached hydrogens (tertiary/aromatic N) is 1. The van der Waals surface area contributed by atoms with Gasteiger partial charge in [-0.25, -0.2) is 0 Å². The van der Waals surface area contributed by atoms with Crippen molar-refractivity contribution in [1.82, 2.24) is 0 Å². The summed E-state index contributed by atoms with van der Waals surface area (Å²) in [7, 11) is 0. The Morgan fingerprint density at radius 3 is 1.79 bits per heavy atom. The molecule has 0 aromatic carbocycles. The van der Waals surface area contributed by atoms with Crippen LogP contribution in [0.15, 0.2) is 11.5 Å². The topological polar surface area (TPSA) is 67.0 Å². The summed E-state index contributed by atoms with van der Waals surface area (Å²) in [6, 6.07) is -0.0112. The van der Waals surface area contributed by atoms with E-state index in [0.29, 0.717) is 18.5 Å². The minimum Gasteiger partial charge on any atom is -0.870 e. The van der Waals surface area contributed by atoms with Gasteiger partial charge in [-0.2, -0.15) is 0 Å². The first-order valence-corrected chi connectivity index (χ1v) is 12.1. The van der Waals surface area contributed by atoms with Crippen LogP contribution >= 0.6 is 0 Å². The summed E-state index contributed by atoms with van der Waals surface area (Å²) in [5, 5.41) is 13.7. The molecule has 0 aromatic heterocycles. The number of allylic oxidation sites excluding steroid dienone is 2. The number of hydrogen-bond acceptors (Lipinski definition) is 3. The average molecular weight is 401 g/mol. The summed E-state index contributed by atoms with van der Waals surface area (Å²) in [4.78, 5) is 14.0. The Hall–Kier alpha value is -1.19. The zero-order valence-electron chi connectivity index (χ0n) is 19.0. The number of nitrogens with one attached hydrogen (secondary N) is 1. The molecule has 0 aromatic rings. The maximum atomic E-state index is 14.0. The molecule has 0 radical (unpaired) electrons. The highest BCUT2D eigenvalue weighted by Gasteiger charge is 2.71. The Morgan fingerprint density at radius 2 is 1.31 bits per heavy atom. The van der Waals surface area contributed by atoms with Crippen LogP contribution in [-0.4, -0.2) is 16.5 Å². The third-order valence-corrected chi connectivity index (χ3v) is 8.60. The minimum absolute atomic E-state index is 0.0112. The van der Waals surface area contributed by atoms with E-state index >= 15 is 0 Å². The summed E-state index contributed by atoms with van der Waals surface area (Å²) in [6.07, 6.45) is 13.3. The van der Waals surface area contributed by atoms with Crippen LogP contribution in [-0.2, 0) is 4.79 Å². The predicted molar refractivity (Wildman–Crippen MR) is 111 cm³/mol. The van der Waals surface area contributed by atoms with Gasteiger partial charge in [0.15, 0.2) is 11.8 Å². The molecule has 2 heterocycles. The van der Waals surface area contributed by atoms with Crippen molar-refractivity contribution >= 4 is 5.78 Å². The van der Waals surface area contributed by atoms with E-state index in [9.17, 15) is 9.90 Å². The van der Waals surface area contributed by atoms with Crippen molar-refractivity contribution in [3.05, 3.63) is 11.5 Å². The van der Waals surface area contributed by atoms with Gasteiger partial charge in [-0.15, -0.1) is 0 Å². The van der Waals surface area contributed by atoms with Crippen LogP contribution in [0.3, 0.4) is 0 Å². The van der Waals surface area contributed by atoms with Gasteiger partial charge in [-0.05, 0) is 37.4 Å². The van der Waals surface area contributed by atoms with Crippen LogP contribution in [0.2, 0.25) is 0 Å². The molecular formula is C25H40N2O2. The van der Waals surface area contributed by atoms with Crippen molar-refractivity contribution in [3.8, 4) is 0 Å². The maximum absolute atomic E-state index is 14.0. The number of carbonyl (C=O) groups is 1. The van der Waals surface area contributed by atoms with E-state index in [1.807, 2.05) is 0 Å². The van der Waals surface area contributed by atoms with E-state index < -0.39 is 5.41 Å². The number of carbonyl (C=O) groups excluding carboxylic acids is 1. The van der Waals surface area contributed by atoms with E-state index in [4.69, 9.17) is 5.53 Å². The van der Waals surface area contributed by atoms with E-state index in [1.165, 1.54) is 38.5 Å². The number of Topliss-reactive ketones (excluding diaryl/α,β-unsaturated/α-hetero) is 1. The molecule has 4 nitrogen and oxygen atoms in total. The number of fused-ring (bicyclic) bond motifs is 2. The molecule has 3 aliphatic carbocycles. The number of hydrogen-bond donors (Lipinski definition) is 1. The second-order valence-electron chi connectivity index (χ2n) is 11.9. The van der Waals surface area contributed by atoms with Gasteiger partial charge in [0, 0.05) is 16.2 Å².